The van der Waals surface area contributed by atoms with E-state index in [-0.39, 0.29) is 113 Å². The highest BCUT2D eigenvalue weighted by molar-refractivity contribution is 5.87. The predicted molar refractivity (Wildman–Crippen MR) is 451 cm³/mol. The van der Waals surface area contributed by atoms with Crippen LogP contribution in [0.1, 0.15) is 162 Å². The molecule has 32 nitrogen and oxygen atoms in total. The van der Waals surface area contributed by atoms with Crippen molar-refractivity contribution in [1.82, 2.24) is 84.4 Å². The zero-order valence-electron chi connectivity index (χ0n) is 71.6. The number of aliphatic hydroxyl groups is 8. The number of nitrogens with zero attached hydrogens (tertiary/aromatic N) is 13. The number of alkyl halides is 6. The Morgan fingerprint density at radius 2 is 0.847 bits per heavy atom. The molecule has 3 aromatic carbocycles. The zero-order chi connectivity index (χ0) is 92.6. The van der Waals surface area contributed by atoms with Crippen LogP contribution in [0, 0.1) is 44.0 Å². The van der Waals surface area contributed by atoms with E-state index in [4.69, 9.17) is 29.4 Å². The van der Waals surface area contributed by atoms with E-state index in [9.17, 15) is 80.4 Å². The van der Waals surface area contributed by atoms with Gasteiger partial charge in [0.1, 0.15) is 156 Å². The van der Waals surface area contributed by atoms with Crippen molar-refractivity contribution in [2.24, 2.45) is 0 Å². The molecule has 9 aromatic heterocycles. The summed E-state index contributed by atoms with van der Waals surface area (Å²) in [5.74, 6) is -3.01. The van der Waals surface area contributed by atoms with Crippen LogP contribution in [0.5, 0.6) is 34.6 Å². The number of benzene rings is 3. The van der Waals surface area contributed by atoms with Crippen LogP contribution in [0.3, 0.4) is 0 Å². The number of aryl methyl sites for hydroxylation is 3. The van der Waals surface area contributed by atoms with Crippen LogP contribution in [0.25, 0.3) is 44.1 Å². The third-order valence-corrected chi connectivity index (χ3v) is 25.9. The largest absolute Gasteiger partial charge is 0.488 e. The highest BCUT2D eigenvalue weighted by Crippen LogP contribution is 2.47. The minimum absolute atomic E-state index is 0.00854. The Morgan fingerprint density at radius 1 is 0.435 bits per heavy atom. The van der Waals surface area contributed by atoms with E-state index in [1.165, 1.54) is 29.6 Å². The molecule has 20 rings (SSSR count). The van der Waals surface area contributed by atoms with E-state index in [0.29, 0.717) is 97.9 Å². The van der Waals surface area contributed by atoms with Crippen molar-refractivity contribution in [3.63, 3.8) is 0 Å². The Morgan fingerprint density at radius 3 is 1.30 bits per heavy atom. The number of halogens is 10. The highest BCUT2D eigenvalue weighted by Gasteiger charge is 2.50. The molecule has 13 heterocycles. The van der Waals surface area contributed by atoms with Crippen LogP contribution in [0.2, 0.25) is 0 Å². The second-order valence-corrected chi connectivity index (χ2v) is 34.3. The maximum Gasteiger partial charge on any atom is 0.387 e. The van der Waals surface area contributed by atoms with E-state index in [2.05, 4.69) is 70.9 Å². The van der Waals surface area contributed by atoms with Crippen LogP contribution in [0.4, 0.5) is 49.7 Å². The van der Waals surface area contributed by atoms with Gasteiger partial charge in [0, 0.05) is 150 Å². The maximum absolute atomic E-state index is 15.1. The van der Waals surface area contributed by atoms with Gasteiger partial charge in [0.25, 0.3) is 12.9 Å². The maximum atomic E-state index is 15.1. The molecule has 698 valence electrons. The number of aliphatic hydroxyl groups excluding tert-OH is 8. The topological polar surface area (TPSA) is 427 Å². The summed E-state index contributed by atoms with van der Waals surface area (Å²) in [4.78, 5) is 37.4. The molecule has 0 unspecified atom stereocenters. The molecule has 4 aliphatic heterocycles. The van der Waals surface area contributed by atoms with Gasteiger partial charge in [0.2, 0.25) is 5.88 Å². The van der Waals surface area contributed by atoms with E-state index in [0.717, 1.165) is 74.6 Å². The van der Waals surface area contributed by atoms with Crippen molar-refractivity contribution in [2.45, 2.75) is 242 Å². The summed E-state index contributed by atoms with van der Waals surface area (Å²) in [6, 6.07) is 8.35. The molecule has 4 aliphatic carbocycles. The van der Waals surface area contributed by atoms with E-state index in [1.54, 1.807) is 34.5 Å². The average molecular weight is 1830 g/mol. The molecule has 0 radical (unpaired) electrons. The number of hydrogen-bond donors (Lipinski definition) is 13. The van der Waals surface area contributed by atoms with Gasteiger partial charge in [-0.15, -0.1) is 0 Å². The van der Waals surface area contributed by atoms with Gasteiger partial charge in [-0.25, -0.2) is 80.0 Å². The first kappa shape index (κ1) is 91.6. The Labute approximate surface area is 741 Å². The molecule has 42 heteroatoms. The van der Waals surface area contributed by atoms with Crippen LogP contribution in [-0.2, 0) is 45.4 Å². The lowest BCUT2D eigenvalue weighted by atomic mass is 9.89. The summed E-state index contributed by atoms with van der Waals surface area (Å²) >= 11 is 0. The third kappa shape index (κ3) is 17.6. The fourth-order valence-corrected chi connectivity index (χ4v) is 19.2. The molecule has 12 aromatic rings. The van der Waals surface area contributed by atoms with Gasteiger partial charge in [0.15, 0.2) is 29.0 Å². The third-order valence-electron chi connectivity index (χ3n) is 25.9. The van der Waals surface area contributed by atoms with E-state index < -0.39 is 146 Å². The van der Waals surface area contributed by atoms with Gasteiger partial charge < -0.3 is 115 Å². The summed E-state index contributed by atoms with van der Waals surface area (Å²) in [6.07, 6.45) is -4.64. The molecule has 0 amide bonds. The van der Waals surface area contributed by atoms with Crippen molar-refractivity contribution in [1.29, 1.82) is 0 Å². The van der Waals surface area contributed by atoms with Crippen molar-refractivity contribution in [3.8, 4) is 34.6 Å². The lowest BCUT2D eigenvalue weighted by Gasteiger charge is -2.29. The first-order valence-electron chi connectivity index (χ1n) is 43.1. The summed E-state index contributed by atoms with van der Waals surface area (Å²) in [6.45, 7) is 11.5. The van der Waals surface area contributed by atoms with Gasteiger partial charge in [-0.1, -0.05) is 6.92 Å². The molecule has 0 bridgehead atoms. The van der Waals surface area contributed by atoms with Gasteiger partial charge in [-0.3, -0.25) is 0 Å². The lowest BCUT2D eigenvalue weighted by molar-refractivity contribution is -0.0527. The molecule has 17 atom stereocenters. The second-order valence-electron chi connectivity index (χ2n) is 34.3. The smallest absolute Gasteiger partial charge is 0.387 e. The molecular formula is C89H98F10N18O14. The number of aromatic nitrogens is 13. The number of nitrogens with two attached hydrogens (primary N) is 1. The van der Waals surface area contributed by atoms with Gasteiger partial charge >= 0.3 is 6.61 Å². The normalized spacial score (nSPS) is 25.7. The van der Waals surface area contributed by atoms with Gasteiger partial charge in [-0.2, -0.15) is 8.78 Å². The van der Waals surface area contributed by atoms with Crippen LogP contribution >= 0.6 is 0 Å². The standard InChI is InChI=1S/C24H29FN4O4.C22H23F4N5O3.C22H23F3N4O4.C21H23F2N5O3/c1-12(2)32-19-9-18(16-10-26-6-4-15(16)21(19)25)33-20-8-17(22(30)23(20)31)29-7-5-14-13(3)27-11-28-24(14)29;1-8-4-28-5-10-13(2-9(20(25)26)17(24)15(8)10)34-14-3-12(18(32)19(14)33)31-6-11(23)16-21(27)29-7-30-22(16)31;1-10-11-3-5-29(21(11)28-9-27-10)14-6-17(20(31)19(14)30)32-15-7-16(33-22(24)25)18(23)12-2-4-26-8-13(12)15;1-10-12-3-5-28(20(12)26-9-25-10)15-7-16(18(30)17(15)29)31-21-13-8-24-4-2-11(13)6-14(27-21)19(22)23/h5,7,9,11-12,17,20,22-23,26,30-31H,4,6,8,10H2,1-3H3;2,6-8,12,14,18-20,28,32-33H,3-5H2,1H3,(H2,27,29,30);3,5,7,9,14,17,19-20,22,26,30-31H,2,4,6,8H2,1H3;3,5-6,9,15-19,24,29-30H,2,4,7-8H2,1H3/t17-,20+,22+,23-;8-,12-,14+,18+,19-;14-,17+,19+,20-;15-,16+,17+,18-/m1111/s1. The Hall–Kier alpha value is -11.3. The molecule has 4 fully saturated rings. The predicted octanol–water partition coefficient (Wildman–Crippen LogP) is 9.05. The first-order chi connectivity index (χ1) is 62.8. The molecule has 0 saturated heterocycles. The fraction of sp³-hybridized carbons (Fsp3) is 0.472. The highest BCUT2D eigenvalue weighted by atomic mass is 19.3. The number of nitrogens with one attached hydrogen (secondary N) is 4. The van der Waals surface area contributed by atoms with Crippen LogP contribution < -0.4 is 55.4 Å². The summed E-state index contributed by atoms with van der Waals surface area (Å²) in [5.41, 5.74) is 13.3. The average Bonchev–Trinajstić information content (AvgIpc) is 1.62. The SMILES string of the molecule is C[C@@H]1CNCc2c(O[C@H]3C[C@@H](n4cc(F)c5c(N)ncnc54)[C@H](O)[C@@H]3O)cc(C(F)F)c(F)c21.Cc1ncnc2c1ccn2[C@@H]1C[C@H](Oc2cc(OC(C)C)c(F)c3c2CNCC3)[C@@H](O)[C@H]1O.Cc1ncnc2c1ccn2[C@@H]1C[C@H](Oc2cc(OC(F)F)c(F)c3c2CNCC3)[C@@H](O)[C@H]1O.Cc1ncnc2c1ccn2[C@@H]1C[C@H](Oc2nc(C(F)F)cc3c2CNCC3)[C@@H](O)[C@H]1O. The Bertz CT molecular complexity index is 6030. The second kappa shape index (κ2) is 37.8. The number of nitrogen functional groups attached to an aromatic ring is 1. The number of ether oxygens (including phenoxy) is 6. The number of fused-ring (bicyclic) bond motifs is 8. The molecule has 131 heavy (non-hydrogen) atoms. The van der Waals surface area contributed by atoms with Gasteiger partial charge in [0.05, 0.1) is 58.3 Å². The lowest BCUT2D eigenvalue weighted by Crippen LogP contribution is -2.35. The van der Waals surface area contributed by atoms with E-state index >= 15 is 4.39 Å². The molecular weight excluding hydrogens is 1740 g/mol. The monoisotopic (exact) mass is 1830 g/mol. The van der Waals surface area contributed by atoms with Crippen molar-refractivity contribution < 1.29 is 113 Å². The minimum atomic E-state index is -3.19. The number of anilines is 1. The van der Waals surface area contributed by atoms with Crippen LogP contribution in [-0.4, -0.2) is 216 Å². The Balaban J connectivity index is 0.000000122. The van der Waals surface area contributed by atoms with E-state index in [1.807, 2.05) is 63.6 Å². The van der Waals surface area contributed by atoms with Crippen LogP contribution in [0.15, 0.2) is 92.6 Å². The first-order valence-corrected chi connectivity index (χ1v) is 43.1. The summed E-state index contributed by atoms with van der Waals surface area (Å²) in [5, 5.41) is 101. The zero-order valence-corrected chi connectivity index (χ0v) is 71.6. The number of rotatable bonds is 18. The quantitative estimate of drug-likeness (QED) is 0.0356. The fourth-order valence-electron chi connectivity index (χ4n) is 19.2. The van der Waals surface area contributed by atoms with Crippen molar-refractivity contribution in [3.05, 3.63) is 189 Å². The summed E-state index contributed by atoms with van der Waals surface area (Å²) < 4.78 is 180. The molecule has 4 saturated carbocycles. The minimum Gasteiger partial charge on any atom is -0.488 e. The molecule has 8 aliphatic rings. The van der Waals surface area contributed by atoms with Crippen molar-refractivity contribution >= 4 is 50.0 Å². The molecule has 14 N–H and O–H groups in total. The number of pyridine rings is 1. The Kier molecular flexibility index (Phi) is 26.4. The molecule has 0 spiro atoms. The number of hydrogen-bond acceptors (Lipinski definition) is 28. The van der Waals surface area contributed by atoms with Gasteiger partial charge in [-0.05, 0) is 115 Å². The summed E-state index contributed by atoms with van der Waals surface area (Å²) in [7, 11) is 0. The van der Waals surface area contributed by atoms with Crippen molar-refractivity contribution in [2.75, 3.05) is 31.9 Å².